The van der Waals surface area contributed by atoms with Gasteiger partial charge in [0.1, 0.15) is 6.10 Å². The molecule has 0 unspecified atom stereocenters. The third-order valence-electron chi connectivity index (χ3n) is 2.41. The average molecular weight is 284 g/mol. The summed E-state index contributed by atoms with van der Waals surface area (Å²) in [5.41, 5.74) is 0. The van der Waals surface area contributed by atoms with E-state index in [1.54, 1.807) is 13.0 Å². The van der Waals surface area contributed by atoms with Crippen LogP contribution >= 0.6 is 0 Å². The highest BCUT2D eigenvalue weighted by Crippen LogP contribution is 2.02. The van der Waals surface area contributed by atoms with Gasteiger partial charge in [-0.05, 0) is 26.2 Å². The zero-order valence-corrected chi connectivity index (χ0v) is 13.2. The van der Waals surface area contributed by atoms with E-state index in [-0.39, 0.29) is 18.0 Å². The Balaban J connectivity index is 0. The Bertz CT molecular complexity index is 291. The van der Waals surface area contributed by atoms with Crippen LogP contribution in [0.25, 0.3) is 0 Å². The molecule has 0 heterocycles. The van der Waals surface area contributed by atoms with E-state index < -0.39 is 0 Å². The van der Waals surface area contributed by atoms with E-state index in [0.717, 1.165) is 25.7 Å². The van der Waals surface area contributed by atoms with Gasteiger partial charge in [0.25, 0.3) is 0 Å². The molecular formula is C16H28O4. The SMILES string of the molecule is C=CC(=O)OC(CC)CC.CC=CC(=O)OCCCC. The van der Waals surface area contributed by atoms with Gasteiger partial charge in [-0.3, -0.25) is 0 Å². The Hall–Kier alpha value is -1.58. The van der Waals surface area contributed by atoms with Gasteiger partial charge in [-0.2, -0.15) is 0 Å². The van der Waals surface area contributed by atoms with Crippen LogP contribution in [-0.4, -0.2) is 24.6 Å². The normalized spacial score (nSPS) is 9.85. The van der Waals surface area contributed by atoms with Crippen molar-refractivity contribution in [1.29, 1.82) is 0 Å². The van der Waals surface area contributed by atoms with Crippen molar-refractivity contribution in [3.63, 3.8) is 0 Å². The first-order chi connectivity index (χ1) is 9.55. The van der Waals surface area contributed by atoms with Gasteiger partial charge < -0.3 is 9.47 Å². The average Bonchev–Trinajstić information content (AvgIpc) is 2.45. The maximum absolute atomic E-state index is 10.6. The van der Waals surface area contributed by atoms with Gasteiger partial charge in [0.05, 0.1) is 6.61 Å². The van der Waals surface area contributed by atoms with Crippen LogP contribution in [0.3, 0.4) is 0 Å². The van der Waals surface area contributed by atoms with Crippen molar-refractivity contribution in [2.75, 3.05) is 6.61 Å². The molecule has 0 aliphatic carbocycles. The lowest BCUT2D eigenvalue weighted by molar-refractivity contribution is -0.143. The lowest BCUT2D eigenvalue weighted by Crippen LogP contribution is -2.14. The van der Waals surface area contributed by atoms with Crippen molar-refractivity contribution < 1.29 is 19.1 Å². The molecule has 0 aromatic carbocycles. The molecule has 0 spiro atoms. The van der Waals surface area contributed by atoms with Gasteiger partial charge in [0, 0.05) is 12.2 Å². The van der Waals surface area contributed by atoms with Crippen LogP contribution in [0.5, 0.6) is 0 Å². The van der Waals surface area contributed by atoms with Gasteiger partial charge in [-0.1, -0.05) is 39.8 Å². The predicted octanol–water partition coefficient (Wildman–Crippen LogP) is 3.81. The van der Waals surface area contributed by atoms with E-state index in [1.807, 2.05) is 13.8 Å². The number of esters is 2. The standard InChI is InChI=1S/2C8H14O2/c1-4-7(5-2)10-8(9)6-3;1-3-5-7-10-8(9)6-4-2/h6-7H,3-5H2,1-2H3;4,6H,3,5,7H2,1-2H3. The number of carbonyl (C=O) groups excluding carboxylic acids is 2. The molecule has 0 radical (unpaired) electrons. The summed E-state index contributed by atoms with van der Waals surface area (Å²) >= 11 is 0. The predicted molar refractivity (Wildman–Crippen MR) is 81.3 cm³/mol. The number of hydrogen-bond acceptors (Lipinski definition) is 4. The highest BCUT2D eigenvalue weighted by molar-refractivity contribution is 5.81. The van der Waals surface area contributed by atoms with Crippen LogP contribution in [-0.2, 0) is 19.1 Å². The van der Waals surface area contributed by atoms with Crippen molar-refractivity contribution in [1.82, 2.24) is 0 Å². The summed E-state index contributed by atoms with van der Waals surface area (Å²) in [6, 6.07) is 0. The molecule has 0 aliphatic rings. The second kappa shape index (κ2) is 15.5. The molecule has 4 heteroatoms. The molecule has 0 atom stereocenters. The van der Waals surface area contributed by atoms with E-state index in [1.165, 1.54) is 12.2 Å². The number of allylic oxidation sites excluding steroid dienone is 1. The molecule has 0 aromatic heterocycles. The fourth-order valence-corrected chi connectivity index (χ4v) is 1.17. The lowest BCUT2D eigenvalue weighted by atomic mass is 10.2. The highest BCUT2D eigenvalue weighted by atomic mass is 16.5. The lowest BCUT2D eigenvalue weighted by Gasteiger charge is -2.11. The molecule has 0 saturated carbocycles. The third-order valence-corrected chi connectivity index (χ3v) is 2.41. The van der Waals surface area contributed by atoms with E-state index in [4.69, 9.17) is 9.47 Å². The van der Waals surface area contributed by atoms with Crippen LogP contribution in [0.15, 0.2) is 24.8 Å². The molecule has 20 heavy (non-hydrogen) atoms. The van der Waals surface area contributed by atoms with Crippen molar-refractivity contribution in [2.24, 2.45) is 0 Å². The van der Waals surface area contributed by atoms with Gasteiger partial charge in [-0.25, -0.2) is 9.59 Å². The highest BCUT2D eigenvalue weighted by Gasteiger charge is 2.05. The van der Waals surface area contributed by atoms with Gasteiger partial charge in [0.15, 0.2) is 0 Å². The number of unbranched alkanes of at least 4 members (excludes halogenated alkanes) is 1. The molecule has 0 rings (SSSR count). The smallest absolute Gasteiger partial charge is 0.330 e. The van der Waals surface area contributed by atoms with Crippen LogP contribution in [0, 0.1) is 0 Å². The van der Waals surface area contributed by atoms with E-state index >= 15 is 0 Å². The Morgan fingerprint density at radius 1 is 1.15 bits per heavy atom. The summed E-state index contributed by atoms with van der Waals surface area (Å²) in [5, 5.41) is 0. The number of ether oxygens (including phenoxy) is 2. The quantitative estimate of drug-likeness (QED) is 0.386. The first kappa shape index (κ1) is 20.7. The fraction of sp³-hybridized carbons (Fsp3) is 0.625. The Labute approximate surface area is 122 Å². The zero-order valence-electron chi connectivity index (χ0n) is 13.2. The zero-order chi connectivity index (χ0) is 15.8. The number of hydrogen-bond donors (Lipinski definition) is 0. The molecular weight excluding hydrogens is 256 g/mol. The minimum atomic E-state index is -0.325. The minimum Gasteiger partial charge on any atom is -0.463 e. The maximum atomic E-state index is 10.6. The van der Waals surface area contributed by atoms with Crippen molar-refractivity contribution in [3.8, 4) is 0 Å². The first-order valence-electron chi connectivity index (χ1n) is 7.17. The summed E-state index contributed by atoms with van der Waals surface area (Å²) in [4.78, 5) is 21.2. The number of carbonyl (C=O) groups is 2. The topological polar surface area (TPSA) is 52.6 Å². The molecule has 0 amide bonds. The summed E-state index contributed by atoms with van der Waals surface area (Å²) in [6.45, 7) is 11.7. The van der Waals surface area contributed by atoms with Gasteiger partial charge >= 0.3 is 11.9 Å². The molecule has 116 valence electrons. The fourth-order valence-electron chi connectivity index (χ4n) is 1.17. The summed E-state index contributed by atoms with van der Waals surface area (Å²) in [5.74, 6) is -0.565. The summed E-state index contributed by atoms with van der Waals surface area (Å²) in [7, 11) is 0. The molecule has 0 saturated heterocycles. The van der Waals surface area contributed by atoms with Crippen LogP contribution in [0.2, 0.25) is 0 Å². The van der Waals surface area contributed by atoms with Gasteiger partial charge in [0.2, 0.25) is 0 Å². The first-order valence-corrected chi connectivity index (χ1v) is 7.17. The molecule has 0 aromatic rings. The van der Waals surface area contributed by atoms with Crippen molar-refractivity contribution in [3.05, 3.63) is 24.8 Å². The second-order valence-electron chi connectivity index (χ2n) is 4.10. The maximum Gasteiger partial charge on any atom is 0.330 e. The Morgan fingerprint density at radius 3 is 2.15 bits per heavy atom. The number of rotatable bonds is 8. The third kappa shape index (κ3) is 14.5. The Morgan fingerprint density at radius 2 is 1.75 bits per heavy atom. The largest absolute Gasteiger partial charge is 0.463 e. The van der Waals surface area contributed by atoms with Crippen molar-refractivity contribution in [2.45, 2.75) is 59.5 Å². The molecule has 0 N–H and O–H groups in total. The van der Waals surface area contributed by atoms with Crippen LogP contribution in [0.4, 0.5) is 0 Å². The van der Waals surface area contributed by atoms with E-state index in [9.17, 15) is 9.59 Å². The van der Waals surface area contributed by atoms with Crippen LogP contribution in [0.1, 0.15) is 53.4 Å². The second-order valence-corrected chi connectivity index (χ2v) is 4.10. The molecule has 0 fully saturated rings. The minimum absolute atomic E-state index is 0.0606. The molecule has 4 nitrogen and oxygen atoms in total. The van der Waals surface area contributed by atoms with E-state index in [0.29, 0.717) is 6.61 Å². The van der Waals surface area contributed by atoms with Crippen LogP contribution < -0.4 is 0 Å². The molecule has 0 bridgehead atoms. The van der Waals surface area contributed by atoms with E-state index in [2.05, 4.69) is 13.5 Å². The molecule has 0 aliphatic heterocycles. The summed E-state index contributed by atoms with van der Waals surface area (Å²) in [6.07, 6.45) is 8.10. The Kier molecular flexibility index (Phi) is 16.0. The van der Waals surface area contributed by atoms with Crippen molar-refractivity contribution >= 4 is 11.9 Å². The summed E-state index contributed by atoms with van der Waals surface area (Å²) < 4.78 is 9.74. The van der Waals surface area contributed by atoms with Gasteiger partial charge in [-0.15, -0.1) is 0 Å². The monoisotopic (exact) mass is 284 g/mol.